The molecule has 1 unspecified atom stereocenters. The molecule has 96 valence electrons. The number of nitrogens with zero attached hydrogens (tertiary/aromatic N) is 3. The molecule has 1 aromatic rings. The zero-order valence-corrected chi connectivity index (χ0v) is 9.75. The van der Waals surface area contributed by atoms with E-state index < -0.39 is 24.6 Å². The predicted molar refractivity (Wildman–Crippen MR) is 61.4 cm³/mol. The van der Waals surface area contributed by atoms with Gasteiger partial charge in [0.2, 0.25) is 0 Å². The largest absolute Gasteiger partial charge is 0.480 e. The summed E-state index contributed by atoms with van der Waals surface area (Å²) < 4.78 is 0. The van der Waals surface area contributed by atoms with Crippen molar-refractivity contribution in [1.29, 1.82) is 0 Å². The molecule has 0 aliphatic heterocycles. The smallest absolute Gasteiger partial charge is 0.323 e. The molecule has 0 aliphatic rings. The van der Waals surface area contributed by atoms with Crippen LogP contribution in [0.1, 0.15) is 18.8 Å². The molecule has 0 saturated carbocycles. The van der Waals surface area contributed by atoms with Crippen LogP contribution < -0.4 is 5.32 Å². The van der Waals surface area contributed by atoms with Gasteiger partial charge in [0.1, 0.15) is 18.7 Å². The molecule has 0 bridgehead atoms. The van der Waals surface area contributed by atoms with Crippen LogP contribution in [0.15, 0.2) is 6.33 Å². The Morgan fingerprint density at radius 2 is 2.44 bits per heavy atom. The number of carbonyl (C=O) groups excluding carboxylic acids is 1. The van der Waals surface area contributed by atoms with Gasteiger partial charge in [-0.05, 0) is 6.92 Å². The van der Waals surface area contributed by atoms with Crippen molar-refractivity contribution in [2.24, 2.45) is 0 Å². The first-order valence-electron chi connectivity index (χ1n) is 5.10. The number of aromatic amines is 1. The quantitative estimate of drug-likeness (QED) is 0.616. The Labute approximate surface area is 103 Å². The van der Waals surface area contributed by atoms with Gasteiger partial charge in [0.25, 0.3) is 0 Å². The molecular formula is C10H13N5O3. The van der Waals surface area contributed by atoms with Gasteiger partial charge in [0.15, 0.2) is 0 Å². The van der Waals surface area contributed by atoms with Gasteiger partial charge in [-0.3, -0.25) is 9.89 Å². The van der Waals surface area contributed by atoms with Gasteiger partial charge in [-0.2, -0.15) is 5.10 Å². The Bertz CT molecular complexity index is 451. The van der Waals surface area contributed by atoms with Crippen LogP contribution in [0.25, 0.3) is 0 Å². The second kappa shape index (κ2) is 6.24. The number of carboxylic acid groups (broad SMARTS) is 1. The molecule has 0 radical (unpaired) electrons. The van der Waals surface area contributed by atoms with Crippen LogP contribution in [-0.4, -0.2) is 50.3 Å². The topological polar surface area (TPSA) is 111 Å². The third kappa shape index (κ3) is 3.79. The van der Waals surface area contributed by atoms with Crippen LogP contribution in [0.5, 0.6) is 0 Å². The van der Waals surface area contributed by atoms with E-state index in [2.05, 4.69) is 26.4 Å². The third-order valence-electron chi connectivity index (χ3n) is 2.08. The van der Waals surface area contributed by atoms with E-state index in [1.54, 1.807) is 6.92 Å². The zero-order chi connectivity index (χ0) is 13.5. The summed E-state index contributed by atoms with van der Waals surface area (Å²) in [5.41, 5.74) is 0. The molecule has 8 nitrogen and oxygen atoms in total. The highest BCUT2D eigenvalue weighted by atomic mass is 16.4. The number of nitrogens with one attached hydrogen (secondary N) is 2. The van der Waals surface area contributed by atoms with Crippen molar-refractivity contribution in [3.63, 3.8) is 0 Å². The maximum absolute atomic E-state index is 11.8. The fourth-order valence-electron chi connectivity index (χ4n) is 1.24. The molecule has 1 heterocycles. The highest BCUT2D eigenvalue weighted by Gasteiger charge is 2.19. The van der Waals surface area contributed by atoms with Crippen molar-refractivity contribution in [3.05, 3.63) is 12.2 Å². The highest BCUT2D eigenvalue weighted by molar-refractivity contribution is 5.80. The third-order valence-corrected chi connectivity index (χ3v) is 2.08. The fraction of sp³-hybridized carbons (Fsp3) is 0.400. The number of urea groups is 1. The van der Waals surface area contributed by atoms with Gasteiger partial charge in [0.05, 0.1) is 12.6 Å². The van der Waals surface area contributed by atoms with E-state index in [1.807, 2.05) is 0 Å². The van der Waals surface area contributed by atoms with Gasteiger partial charge < -0.3 is 15.3 Å². The lowest BCUT2D eigenvalue weighted by atomic mass is 10.3. The number of carboxylic acids is 1. The second-order valence-electron chi connectivity index (χ2n) is 3.50. The Morgan fingerprint density at radius 1 is 1.72 bits per heavy atom. The Kier molecular flexibility index (Phi) is 4.68. The van der Waals surface area contributed by atoms with E-state index in [0.717, 1.165) is 4.90 Å². The average Bonchev–Trinajstić information content (AvgIpc) is 2.81. The molecule has 3 N–H and O–H groups in total. The van der Waals surface area contributed by atoms with Crippen molar-refractivity contribution in [2.75, 3.05) is 13.1 Å². The monoisotopic (exact) mass is 251 g/mol. The summed E-state index contributed by atoms with van der Waals surface area (Å²) in [5.74, 6) is 1.57. The number of carbonyl (C=O) groups is 2. The van der Waals surface area contributed by atoms with Crippen molar-refractivity contribution in [2.45, 2.75) is 13.0 Å². The average molecular weight is 251 g/mol. The summed E-state index contributed by atoms with van der Waals surface area (Å²) in [4.78, 5) is 27.2. The number of H-pyrrole nitrogens is 1. The van der Waals surface area contributed by atoms with E-state index in [0.29, 0.717) is 5.82 Å². The van der Waals surface area contributed by atoms with Crippen LogP contribution in [0, 0.1) is 12.3 Å². The predicted octanol–water partition coefficient (Wildman–Crippen LogP) is -0.405. The van der Waals surface area contributed by atoms with Crippen molar-refractivity contribution in [3.8, 4) is 12.3 Å². The summed E-state index contributed by atoms with van der Waals surface area (Å²) in [6.45, 7) is 1.15. The summed E-state index contributed by atoms with van der Waals surface area (Å²) >= 11 is 0. The van der Waals surface area contributed by atoms with E-state index in [4.69, 9.17) is 11.5 Å². The number of hydrogen-bond acceptors (Lipinski definition) is 4. The zero-order valence-electron chi connectivity index (χ0n) is 9.75. The molecule has 1 atom stereocenters. The number of aromatic nitrogens is 3. The Morgan fingerprint density at radius 3 is 2.94 bits per heavy atom. The van der Waals surface area contributed by atoms with Crippen LogP contribution >= 0.6 is 0 Å². The molecule has 1 rings (SSSR count). The van der Waals surface area contributed by atoms with Gasteiger partial charge in [0, 0.05) is 0 Å². The number of aliphatic carboxylic acids is 1. The van der Waals surface area contributed by atoms with Crippen LogP contribution in [0.2, 0.25) is 0 Å². The van der Waals surface area contributed by atoms with Crippen molar-refractivity contribution >= 4 is 12.0 Å². The number of terminal acetylenes is 1. The first kappa shape index (κ1) is 13.5. The fourth-order valence-corrected chi connectivity index (χ4v) is 1.24. The summed E-state index contributed by atoms with van der Waals surface area (Å²) in [6, 6.07) is -0.992. The van der Waals surface area contributed by atoms with E-state index in [9.17, 15) is 9.59 Å². The molecule has 0 fully saturated rings. The minimum absolute atomic E-state index is 0.0821. The van der Waals surface area contributed by atoms with E-state index in [-0.39, 0.29) is 6.54 Å². The summed E-state index contributed by atoms with van der Waals surface area (Å²) in [6.07, 6.45) is 6.39. The molecule has 1 aromatic heterocycles. The number of hydrogen-bond donors (Lipinski definition) is 3. The van der Waals surface area contributed by atoms with Crippen molar-refractivity contribution in [1.82, 2.24) is 25.4 Å². The first-order valence-corrected chi connectivity index (χ1v) is 5.10. The molecule has 0 saturated heterocycles. The molecular weight excluding hydrogens is 238 g/mol. The van der Waals surface area contributed by atoms with Gasteiger partial charge in [-0.1, -0.05) is 5.92 Å². The maximum atomic E-state index is 11.8. The van der Waals surface area contributed by atoms with Crippen LogP contribution in [-0.2, 0) is 4.79 Å². The molecule has 0 aliphatic carbocycles. The Hall–Kier alpha value is -2.56. The van der Waals surface area contributed by atoms with Gasteiger partial charge in [-0.25, -0.2) is 9.78 Å². The molecule has 0 spiro atoms. The highest BCUT2D eigenvalue weighted by Crippen LogP contribution is 2.04. The summed E-state index contributed by atoms with van der Waals surface area (Å²) in [7, 11) is 0. The minimum Gasteiger partial charge on any atom is -0.480 e. The number of rotatable bonds is 5. The normalized spacial score (nSPS) is 11.3. The Balaban J connectivity index is 2.61. The lowest BCUT2D eigenvalue weighted by molar-refractivity contribution is -0.137. The van der Waals surface area contributed by atoms with Crippen LogP contribution in [0.4, 0.5) is 4.79 Å². The first-order chi connectivity index (χ1) is 8.54. The lowest BCUT2D eigenvalue weighted by Gasteiger charge is -2.20. The van der Waals surface area contributed by atoms with Gasteiger partial charge in [-0.15, -0.1) is 6.42 Å². The lowest BCUT2D eigenvalue weighted by Crippen LogP contribution is -2.44. The van der Waals surface area contributed by atoms with Crippen LogP contribution in [0.3, 0.4) is 0 Å². The van der Waals surface area contributed by atoms with Crippen molar-refractivity contribution < 1.29 is 14.7 Å². The second-order valence-corrected chi connectivity index (χ2v) is 3.50. The SMILES string of the molecule is C#CCN(CC(=O)O)C(=O)NC(C)c1ncn[nH]1. The van der Waals surface area contributed by atoms with E-state index >= 15 is 0 Å². The molecule has 0 aromatic carbocycles. The summed E-state index contributed by atoms with van der Waals surface area (Å²) in [5, 5.41) is 17.5. The minimum atomic E-state index is -1.13. The number of amides is 2. The standard InChI is InChI=1S/C10H13N5O3/c1-3-4-15(5-8(16)17)10(18)13-7(2)9-11-6-12-14-9/h1,6-7H,4-5H2,2H3,(H,13,18)(H,16,17)(H,11,12,14). The molecule has 18 heavy (non-hydrogen) atoms. The molecule has 2 amide bonds. The maximum Gasteiger partial charge on any atom is 0.323 e. The van der Waals surface area contributed by atoms with E-state index in [1.165, 1.54) is 6.33 Å². The molecule has 8 heteroatoms. The van der Waals surface area contributed by atoms with Gasteiger partial charge >= 0.3 is 12.0 Å².